The molecule has 1 aliphatic heterocycles. The molecule has 1 aromatic carbocycles. The van der Waals surface area contributed by atoms with Crippen molar-refractivity contribution < 1.29 is 4.65 Å². The van der Waals surface area contributed by atoms with Gasteiger partial charge in [0.2, 0.25) is 0 Å². The topological polar surface area (TPSA) is 21.3 Å². The van der Waals surface area contributed by atoms with E-state index in [4.69, 9.17) is 4.65 Å². The van der Waals surface area contributed by atoms with Crippen LogP contribution in [-0.2, 0) is 0 Å². The van der Waals surface area contributed by atoms with E-state index in [0.717, 1.165) is 17.9 Å². The van der Waals surface area contributed by atoms with Crippen molar-refractivity contribution in [2.45, 2.75) is 26.2 Å². The molecule has 67 valence electrons. The van der Waals surface area contributed by atoms with E-state index in [1.165, 1.54) is 5.56 Å². The van der Waals surface area contributed by atoms with Crippen LogP contribution >= 0.6 is 0 Å². The molecule has 2 rings (SSSR count). The summed E-state index contributed by atoms with van der Waals surface area (Å²) in [5.41, 5.74) is 2.48. The quantitative estimate of drug-likeness (QED) is 0.695. The van der Waals surface area contributed by atoms with Crippen molar-refractivity contribution in [3.63, 3.8) is 0 Å². The fourth-order valence-electron chi connectivity index (χ4n) is 1.58. The van der Waals surface area contributed by atoms with E-state index in [9.17, 15) is 0 Å². The largest absolute Gasteiger partial charge is 0.542 e. The van der Waals surface area contributed by atoms with Gasteiger partial charge < -0.3 is 9.88 Å². The highest BCUT2D eigenvalue weighted by atomic mass is 16.4. The minimum Gasteiger partial charge on any atom is -0.542 e. The van der Waals surface area contributed by atoms with E-state index in [0.29, 0.717) is 5.92 Å². The zero-order valence-electron chi connectivity index (χ0n) is 8.00. The summed E-state index contributed by atoms with van der Waals surface area (Å²) in [5, 5.41) is 3.14. The van der Waals surface area contributed by atoms with E-state index in [1.807, 2.05) is 12.1 Å². The number of benzene rings is 1. The van der Waals surface area contributed by atoms with Gasteiger partial charge in [-0.15, -0.1) is 0 Å². The second-order valence-corrected chi connectivity index (χ2v) is 3.41. The Morgan fingerprint density at radius 2 is 2.38 bits per heavy atom. The summed E-state index contributed by atoms with van der Waals surface area (Å²) in [6, 6.07) is 6.18. The average Bonchev–Trinajstić information content (AvgIpc) is 2.63. The first kappa shape index (κ1) is 8.48. The molecule has 0 amide bonds. The minimum atomic E-state index is 0.581. The van der Waals surface area contributed by atoms with Gasteiger partial charge in [0.15, 0.2) is 0 Å². The highest BCUT2D eigenvalue weighted by molar-refractivity contribution is 6.37. The zero-order valence-corrected chi connectivity index (χ0v) is 8.00. The van der Waals surface area contributed by atoms with E-state index >= 15 is 0 Å². The summed E-state index contributed by atoms with van der Waals surface area (Å²) in [7, 11) is 1.64. The first-order valence-electron chi connectivity index (χ1n) is 4.70. The van der Waals surface area contributed by atoms with Crippen molar-refractivity contribution >= 4 is 13.3 Å². The van der Waals surface area contributed by atoms with Crippen molar-refractivity contribution in [1.29, 1.82) is 0 Å². The molecule has 1 radical (unpaired) electrons. The molecule has 1 aliphatic rings. The van der Waals surface area contributed by atoms with Crippen LogP contribution in [0.2, 0.25) is 0 Å². The van der Waals surface area contributed by atoms with Gasteiger partial charge in [0.05, 0.1) is 5.69 Å². The van der Waals surface area contributed by atoms with Gasteiger partial charge in [0.25, 0.3) is 0 Å². The molecule has 13 heavy (non-hydrogen) atoms. The van der Waals surface area contributed by atoms with Gasteiger partial charge in [-0.25, -0.2) is 0 Å². The third-order valence-corrected chi connectivity index (χ3v) is 2.59. The third-order valence-electron chi connectivity index (χ3n) is 2.59. The van der Waals surface area contributed by atoms with Gasteiger partial charge in [-0.05, 0) is 24.0 Å². The Morgan fingerprint density at radius 1 is 1.54 bits per heavy atom. The van der Waals surface area contributed by atoms with Crippen LogP contribution in [-0.4, -0.2) is 7.62 Å². The summed E-state index contributed by atoms with van der Waals surface area (Å²) < 4.78 is 5.30. The van der Waals surface area contributed by atoms with Gasteiger partial charge in [0.1, 0.15) is 5.75 Å². The molecule has 0 spiro atoms. The van der Waals surface area contributed by atoms with Crippen molar-refractivity contribution in [1.82, 2.24) is 0 Å². The van der Waals surface area contributed by atoms with Gasteiger partial charge >= 0.3 is 7.62 Å². The van der Waals surface area contributed by atoms with Crippen LogP contribution in [0.4, 0.5) is 5.69 Å². The Bertz CT molecular complexity index is 314. The van der Waals surface area contributed by atoms with Crippen LogP contribution in [0.25, 0.3) is 0 Å². The lowest BCUT2D eigenvalue weighted by Gasteiger charge is -2.12. The van der Waals surface area contributed by atoms with Gasteiger partial charge in [-0.2, -0.15) is 0 Å². The third kappa shape index (κ3) is 1.39. The number of nitrogens with one attached hydrogen (secondary N) is 1. The predicted molar refractivity (Wildman–Crippen MR) is 55.2 cm³/mol. The fourth-order valence-corrected chi connectivity index (χ4v) is 1.58. The number of hydrogen-bond acceptors (Lipinski definition) is 2. The van der Waals surface area contributed by atoms with Crippen LogP contribution in [0.3, 0.4) is 0 Å². The molecule has 3 heteroatoms. The van der Waals surface area contributed by atoms with Crippen molar-refractivity contribution in [3.8, 4) is 5.75 Å². The summed E-state index contributed by atoms with van der Waals surface area (Å²) in [6.07, 6.45) is 1.15. The molecule has 0 saturated heterocycles. The fraction of sp³-hybridized carbons (Fsp3) is 0.400. The number of hydrogen-bond donors (Lipinski definition) is 1. The van der Waals surface area contributed by atoms with E-state index in [2.05, 4.69) is 25.1 Å². The normalized spacial score (nSPS) is 15.2. The molecule has 0 bridgehead atoms. The van der Waals surface area contributed by atoms with Crippen LogP contribution in [0, 0.1) is 0 Å². The Labute approximate surface area is 79.6 Å². The van der Waals surface area contributed by atoms with Crippen LogP contribution in [0.15, 0.2) is 18.2 Å². The SMILES string of the molecule is CCC(C)c1cccc2c1N[B]O2. The molecule has 1 aromatic rings. The molecular formula is C10H13BNO. The highest BCUT2D eigenvalue weighted by Gasteiger charge is 2.19. The first-order chi connectivity index (χ1) is 6.33. The van der Waals surface area contributed by atoms with Crippen LogP contribution < -0.4 is 9.88 Å². The Hall–Kier alpha value is -1.12. The minimum absolute atomic E-state index is 0.581. The van der Waals surface area contributed by atoms with Gasteiger partial charge in [-0.3, -0.25) is 0 Å². The Balaban J connectivity index is 2.41. The summed E-state index contributed by atoms with van der Waals surface area (Å²) >= 11 is 0. The lowest BCUT2D eigenvalue weighted by molar-refractivity contribution is 0.617. The number of anilines is 1. The molecule has 0 aliphatic carbocycles. The Kier molecular flexibility index (Phi) is 2.17. The van der Waals surface area contributed by atoms with Crippen LogP contribution in [0.5, 0.6) is 5.75 Å². The molecule has 0 aromatic heterocycles. The van der Waals surface area contributed by atoms with Crippen LogP contribution in [0.1, 0.15) is 31.7 Å². The first-order valence-corrected chi connectivity index (χ1v) is 4.70. The molecule has 1 heterocycles. The van der Waals surface area contributed by atoms with E-state index < -0.39 is 0 Å². The lowest BCUT2D eigenvalue weighted by atomic mass is 9.96. The van der Waals surface area contributed by atoms with E-state index in [-0.39, 0.29) is 0 Å². The second kappa shape index (κ2) is 3.33. The smallest absolute Gasteiger partial charge is 0.518 e. The molecule has 1 unspecified atom stereocenters. The molecule has 2 nitrogen and oxygen atoms in total. The predicted octanol–water partition coefficient (Wildman–Crippen LogP) is 2.54. The van der Waals surface area contributed by atoms with E-state index in [1.54, 1.807) is 7.62 Å². The summed E-state index contributed by atoms with van der Waals surface area (Å²) in [5.74, 6) is 1.52. The standard InChI is InChI=1S/C10H13BNO/c1-3-7(2)8-5-4-6-9-10(8)12-11-13-9/h4-7,12H,3H2,1-2H3. The van der Waals surface area contributed by atoms with Crippen molar-refractivity contribution in [2.24, 2.45) is 0 Å². The second-order valence-electron chi connectivity index (χ2n) is 3.41. The monoisotopic (exact) mass is 174 g/mol. The molecule has 0 fully saturated rings. The van der Waals surface area contributed by atoms with Gasteiger partial charge in [0, 0.05) is 0 Å². The maximum Gasteiger partial charge on any atom is 0.518 e. The molecule has 1 atom stereocenters. The number of fused-ring (bicyclic) bond motifs is 1. The summed E-state index contributed by atoms with van der Waals surface area (Å²) in [4.78, 5) is 0. The highest BCUT2D eigenvalue weighted by Crippen LogP contribution is 2.36. The van der Waals surface area contributed by atoms with Crippen molar-refractivity contribution in [3.05, 3.63) is 23.8 Å². The summed E-state index contributed by atoms with van der Waals surface area (Å²) in [6.45, 7) is 4.43. The Morgan fingerprint density at radius 3 is 3.15 bits per heavy atom. The maximum atomic E-state index is 5.30. The molecule has 0 saturated carbocycles. The van der Waals surface area contributed by atoms with Crippen molar-refractivity contribution in [2.75, 3.05) is 5.23 Å². The molecule has 1 N–H and O–H groups in total. The zero-order chi connectivity index (χ0) is 9.26. The van der Waals surface area contributed by atoms with Gasteiger partial charge in [-0.1, -0.05) is 26.0 Å². The number of rotatable bonds is 2. The average molecular weight is 174 g/mol. The molecular weight excluding hydrogens is 161 g/mol. The number of para-hydroxylation sites is 1. The lowest BCUT2D eigenvalue weighted by Crippen LogP contribution is -2.04. The maximum absolute atomic E-state index is 5.30.